The molecule has 2 rings (SSSR count). The summed E-state index contributed by atoms with van der Waals surface area (Å²) < 4.78 is 0. The Morgan fingerprint density at radius 1 is 0.962 bits per heavy atom. The summed E-state index contributed by atoms with van der Waals surface area (Å²) in [5, 5.41) is 8.33. The van der Waals surface area contributed by atoms with Crippen molar-refractivity contribution >= 4 is 40.9 Å². The van der Waals surface area contributed by atoms with E-state index in [1.54, 1.807) is 37.4 Å². The van der Waals surface area contributed by atoms with Crippen molar-refractivity contribution in [2.45, 2.75) is 6.54 Å². The molecule has 0 saturated heterocycles. The number of halogens is 2. The van der Waals surface area contributed by atoms with Crippen molar-refractivity contribution in [2.24, 2.45) is 0 Å². The summed E-state index contributed by atoms with van der Waals surface area (Å²) in [6, 6.07) is 11.4. The first-order valence-electron chi connectivity index (χ1n) is 7.71. The molecular weight excluding hydrogens is 377 g/mol. The van der Waals surface area contributed by atoms with Gasteiger partial charge in [-0.15, -0.1) is 0 Å². The summed E-state index contributed by atoms with van der Waals surface area (Å²) in [5.74, 6) is -1.04. The molecule has 0 aliphatic rings. The second kappa shape index (κ2) is 9.22. The molecule has 0 atom stereocenters. The predicted molar refractivity (Wildman–Crippen MR) is 100 cm³/mol. The van der Waals surface area contributed by atoms with Crippen LogP contribution in [0.5, 0.6) is 0 Å². The van der Waals surface area contributed by atoms with Crippen LogP contribution in [-0.4, -0.2) is 31.3 Å². The van der Waals surface area contributed by atoms with Gasteiger partial charge in [0.15, 0.2) is 0 Å². The number of nitrogens with one attached hydrogen (secondary N) is 3. The minimum Gasteiger partial charge on any atom is -0.355 e. The van der Waals surface area contributed by atoms with Gasteiger partial charge in [-0.25, -0.2) is 0 Å². The van der Waals surface area contributed by atoms with Crippen molar-refractivity contribution in [1.82, 2.24) is 16.0 Å². The summed E-state index contributed by atoms with van der Waals surface area (Å²) in [6.45, 7) is 0.0359. The molecule has 3 N–H and O–H groups in total. The Kier molecular flexibility index (Phi) is 7.00. The summed E-state index contributed by atoms with van der Waals surface area (Å²) in [7, 11) is 1.55. The molecule has 0 aliphatic carbocycles. The molecule has 0 bridgehead atoms. The van der Waals surface area contributed by atoms with Crippen LogP contribution in [0.1, 0.15) is 26.3 Å². The summed E-state index contributed by atoms with van der Waals surface area (Å²) in [6.07, 6.45) is 0. The van der Waals surface area contributed by atoms with Gasteiger partial charge < -0.3 is 16.0 Å². The van der Waals surface area contributed by atoms with Gasteiger partial charge >= 0.3 is 0 Å². The highest BCUT2D eigenvalue weighted by atomic mass is 35.5. The molecule has 0 fully saturated rings. The van der Waals surface area contributed by atoms with Crippen LogP contribution < -0.4 is 16.0 Å². The SMILES string of the molecule is CNC(=O)c1cccc(CNC(=O)CNC(=O)c2ccc(Cl)cc2Cl)c1. The van der Waals surface area contributed by atoms with E-state index in [4.69, 9.17) is 23.2 Å². The number of rotatable bonds is 6. The smallest absolute Gasteiger partial charge is 0.253 e. The average Bonchev–Trinajstić information content (AvgIpc) is 2.64. The number of benzene rings is 2. The molecule has 26 heavy (non-hydrogen) atoms. The third-order valence-corrected chi connectivity index (χ3v) is 4.04. The van der Waals surface area contributed by atoms with Crippen molar-refractivity contribution in [3.05, 3.63) is 69.2 Å². The molecule has 2 aromatic carbocycles. The lowest BCUT2D eigenvalue weighted by molar-refractivity contribution is -0.120. The van der Waals surface area contributed by atoms with Crippen LogP contribution in [0.4, 0.5) is 0 Å². The van der Waals surface area contributed by atoms with Crippen molar-refractivity contribution in [3.63, 3.8) is 0 Å². The highest BCUT2D eigenvalue weighted by molar-refractivity contribution is 6.36. The fourth-order valence-electron chi connectivity index (χ4n) is 2.16. The molecule has 0 aliphatic heterocycles. The topological polar surface area (TPSA) is 87.3 Å². The van der Waals surface area contributed by atoms with Crippen LogP contribution in [-0.2, 0) is 11.3 Å². The van der Waals surface area contributed by atoms with Gasteiger partial charge in [-0.1, -0.05) is 35.3 Å². The molecule has 0 heterocycles. The Hall–Kier alpha value is -2.57. The molecule has 0 radical (unpaired) electrons. The molecule has 136 valence electrons. The Morgan fingerprint density at radius 3 is 2.42 bits per heavy atom. The standard InChI is InChI=1S/C18H17Cl2N3O3/c1-21-17(25)12-4-2-3-11(7-12)9-22-16(24)10-23-18(26)14-6-5-13(19)8-15(14)20/h2-8H,9-10H2,1H3,(H,21,25)(H,22,24)(H,23,26). The number of carbonyl (C=O) groups excluding carboxylic acids is 3. The zero-order valence-electron chi connectivity index (χ0n) is 13.9. The monoisotopic (exact) mass is 393 g/mol. The van der Waals surface area contributed by atoms with E-state index >= 15 is 0 Å². The van der Waals surface area contributed by atoms with Crippen molar-refractivity contribution in [1.29, 1.82) is 0 Å². The van der Waals surface area contributed by atoms with Gasteiger partial charge in [0.2, 0.25) is 5.91 Å². The molecule has 8 heteroatoms. The molecular formula is C18H17Cl2N3O3. The van der Waals surface area contributed by atoms with Gasteiger partial charge in [0.05, 0.1) is 17.1 Å². The van der Waals surface area contributed by atoms with Gasteiger partial charge in [0.25, 0.3) is 11.8 Å². The Morgan fingerprint density at radius 2 is 1.73 bits per heavy atom. The maximum atomic E-state index is 12.0. The molecule has 2 aromatic rings. The molecule has 0 spiro atoms. The summed E-state index contributed by atoms with van der Waals surface area (Å²) in [5.41, 5.74) is 1.51. The molecule has 0 saturated carbocycles. The lowest BCUT2D eigenvalue weighted by Gasteiger charge is -2.09. The third-order valence-electron chi connectivity index (χ3n) is 3.49. The first-order valence-corrected chi connectivity index (χ1v) is 8.47. The van der Waals surface area contributed by atoms with Crippen LogP contribution >= 0.6 is 23.2 Å². The molecule has 0 aromatic heterocycles. The molecule has 0 unspecified atom stereocenters. The van der Waals surface area contributed by atoms with Crippen LogP contribution in [0, 0.1) is 0 Å². The Balaban J connectivity index is 1.85. The van der Waals surface area contributed by atoms with E-state index in [0.29, 0.717) is 10.6 Å². The highest BCUT2D eigenvalue weighted by Crippen LogP contribution is 2.20. The fraction of sp³-hybridized carbons (Fsp3) is 0.167. The quantitative estimate of drug-likeness (QED) is 0.703. The first-order chi connectivity index (χ1) is 12.4. The molecule has 6 nitrogen and oxygen atoms in total. The minimum absolute atomic E-state index is 0.201. The van der Waals surface area contributed by atoms with E-state index in [9.17, 15) is 14.4 Å². The predicted octanol–water partition coefficient (Wildman–Crippen LogP) is 2.40. The maximum absolute atomic E-state index is 12.0. The number of hydrogen-bond acceptors (Lipinski definition) is 3. The zero-order valence-corrected chi connectivity index (χ0v) is 15.4. The van der Waals surface area contributed by atoms with Gasteiger partial charge in [-0.2, -0.15) is 0 Å². The van der Waals surface area contributed by atoms with Gasteiger partial charge in [0.1, 0.15) is 0 Å². The molecule has 3 amide bonds. The van der Waals surface area contributed by atoms with Gasteiger partial charge in [-0.3, -0.25) is 14.4 Å². The van der Waals surface area contributed by atoms with E-state index in [0.717, 1.165) is 5.56 Å². The lowest BCUT2D eigenvalue weighted by atomic mass is 10.1. The van der Waals surface area contributed by atoms with E-state index in [-0.39, 0.29) is 35.5 Å². The fourth-order valence-corrected chi connectivity index (χ4v) is 2.65. The van der Waals surface area contributed by atoms with Crippen LogP contribution in [0.15, 0.2) is 42.5 Å². The second-order valence-electron chi connectivity index (χ2n) is 5.36. The van der Waals surface area contributed by atoms with Gasteiger partial charge in [-0.05, 0) is 35.9 Å². The van der Waals surface area contributed by atoms with E-state index in [1.807, 2.05) is 0 Å². The van der Waals surface area contributed by atoms with E-state index in [1.165, 1.54) is 12.1 Å². The number of carbonyl (C=O) groups is 3. The van der Waals surface area contributed by atoms with Crippen LogP contribution in [0.2, 0.25) is 10.0 Å². The number of amides is 3. The van der Waals surface area contributed by atoms with Gasteiger partial charge in [0, 0.05) is 24.2 Å². The van der Waals surface area contributed by atoms with Crippen molar-refractivity contribution in [3.8, 4) is 0 Å². The second-order valence-corrected chi connectivity index (χ2v) is 6.21. The van der Waals surface area contributed by atoms with Crippen LogP contribution in [0.3, 0.4) is 0 Å². The van der Waals surface area contributed by atoms with Crippen LogP contribution in [0.25, 0.3) is 0 Å². The average molecular weight is 394 g/mol. The normalized spacial score (nSPS) is 10.1. The highest BCUT2D eigenvalue weighted by Gasteiger charge is 2.12. The largest absolute Gasteiger partial charge is 0.355 e. The summed E-state index contributed by atoms with van der Waals surface area (Å²) in [4.78, 5) is 35.6. The first kappa shape index (κ1) is 19.8. The maximum Gasteiger partial charge on any atom is 0.253 e. The Labute approximate surface area is 160 Å². The lowest BCUT2D eigenvalue weighted by Crippen LogP contribution is -2.36. The number of hydrogen-bond donors (Lipinski definition) is 3. The van der Waals surface area contributed by atoms with Crippen molar-refractivity contribution in [2.75, 3.05) is 13.6 Å². The third kappa shape index (κ3) is 5.47. The zero-order chi connectivity index (χ0) is 19.1. The van der Waals surface area contributed by atoms with E-state index < -0.39 is 5.91 Å². The summed E-state index contributed by atoms with van der Waals surface area (Å²) >= 11 is 11.7. The minimum atomic E-state index is -0.469. The van der Waals surface area contributed by atoms with E-state index in [2.05, 4.69) is 16.0 Å². The van der Waals surface area contributed by atoms with Crippen molar-refractivity contribution < 1.29 is 14.4 Å². The Bertz CT molecular complexity index is 840.